The maximum Gasteiger partial charge on any atom is 0.0704 e. The van der Waals surface area contributed by atoms with Crippen LogP contribution in [-0.2, 0) is 18.9 Å². The molecule has 0 heterocycles. The smallest absolute Gasteiger partial charge is 0.0704 e. The minimum atomic E-state index is 0.0567. The van der Waals surface area contributed by atoms with Crippen LogP contribution >= 0.6 is 0 Å². The molecule has 0 aromatic rings. The lowest BCUT2D eigenvalue weighted by molar-refractivity contribution is -0.0242. The fourth-order valence-corrected chi connectivity index (χ4v) is 3.02. The van der Waals surface area contributed by atoms with E-state index < -0.39 is 0 Å². The van der Waals surface area contributed by atoms with Crippen LogP contribution in [0.1, 0.15) is 84.5 Å². The molecule has 1 N–H and O–H groups in total. The molecule has 0 saturated heterocycles. The third-order valence-electron chi connectivity index (χ3n) is 4.55. The van der Waals surface area contributed by atoms with Crippen LogP contribution in [0.4, 0.5) is 0 Å². The van der Waals surface area contributed by atoms with Gasteiger partial charge in [0, 0.05) is 0 Å². The van der Waals surface area contributed by atoms with Gasteiger partial charge >= 0.3 is 0 Å². The Morgan fingerprint density at radius 2 is 1.07 bits per heavy atom. The van der Waals surface area contributed by atoms with Crippen LogP contribution in [0.15, 0.2) is 0 Å². The molecule has 0 aliphatic heterocycles. The van der Waals surface area contributed by atoms with Crippen LogP contribution in [0.2, 0.25) is 0 Å². The van der Waals surface area contributed by atoms with E-state index in [1.807, 2.05) is 0 Å². The van der Waals surface area contributed by atoms with Gasteiger partial charge in [-0.2, -0.15) is 0 Å². The summed E-state index contributed by atoms with van der Waals surface area (Å²) in [6.45, 7) is 8.42. The number of unbranched alkanes of at least 4 members (excludes halogenated alkanes) is 7. The molecule has 0 rings (SSSR count). The van der Waals surface area contributed by atoms with Crippen molar-refractivity contribution in [3.8, 4) is 0 Å². The fraction of sp³-hybridized carbons (Fsp3) is 1.00. The predicted molar refractivity (Wildman–Crippen MR) is 111 cm³/mol. The zero-order valence-electron chi connectivity index (χ0n) is 18.1. The number of rotatable bonds is 23. The second kappa shape index (κ2) is 23.8. The summed E-state index contributed by atoms with van der Waals surface area (Å²) in [5.41, 5.74) is 0. The Bertz CT molecular complexity index is 263. The van der Waals surface area contributed by atoms with Crippen LogP contribution < -0.4 is 0 Å². The summed E-state index contributed by atoms with van der Waals surface area (Å²) in [5.74, 6) is 0. The van der Waals surface area contributed by atoms with Crippen molar-refractivity contribution in [2.24, 2.45) is 0 Å². The van der Waals surface area contributed by atoms with E-state index in [0.717, 1.165) is 6.42 Å². The molecular formula is C22H46O5. The zero-order valence-corrected chi connectivity index (χ0v) is 18.1. The third-order valence-corrected chi connectivity index (χ3v) is 4.55. The molecule has 0 radical (unpaired) electrons. The topological polar surface area (TPSA) is 57.2 Å². The second-order valence-electron chi connectivity index (χ2n) is 7.11. The predicted octanol–water partition coefficient (Wildman–Crippen LogP) is 4.74. The van der Waals surface area contributed by atoms with E-state index >= 15 is 0 Å². The minimum Gasteiger partial charge on any atom is -0.394 e. The summed E-state index contributed by atoms with van der Waals surface area (Å²) >= 11 is 0. The Morgan fingerprint density at radius 3 is 1.63 bits per heavy atom. The van der Waals surface area contributed by atoms with E-state index in [4.69, 9.17) is 24.1 Å². The lowest BCUT2D eigenvalue weighted by Gasteiger charge is -2.17. The minimum absolute atomic E-state index is 0.0567. The largest absolute Gasteiger partial charge is 0.394 e. The summed E-state index contributed by atoms with van der Waals surface area (Å²) in [4.78, 5) is 0. The van der Waals surface area contributed by atoms with Crippen LogP contribution in [-0.4, -0.2) is 64.1 Å². The van der Waals surface area contributed by atoms with Gasteiger partial charge in [-0.25, -0.2) is 0 Å². The lowest BCUT2D eigenvalue weighted by atomic mass is 10.0. The average Bonchev–Trinajstić information content (AvgIpc) is 2.68. The van der Waals surface area contributed by atoms with Crippen molar-refractivity contribution < 1.29 is 24.1 Å². The van der Waals surface area contributed by atoms with Gasteiger partial charge in [-0.3, -0.25) is 0 Å². The highest BCUT2D eigenvalue weighted by atomic mass is 16.6. The number of hydrogen-bond acceptors (Lipinski definition) is 5. The number of aliphatic hydroxyl groups excluding tert-OH is 1. The molecule has 1 atom stereocenters. The molecule has 1 unspecified atom stereocenters. The number of hydrogen-bond donors (Lipinski definition) is 1. The van der Waals surface area contributed by atoms with Crippen LogP contribution in [0.25, 0.3) is 0 Å². The molecule has 164 valence electrons. The first-order chi connectivity index (χ1) is 13.3. The van der Waals surface area contributed by atoms with Gasteiger partial charge in [-0.15, -0.1) is 0 Å². The Balaban J connectivity index is 3.40. The van der Waals surface area contributed by atoms with Gasteiger partial charge in [0.2, 0.25) is 0 Å². The SMILES string of the molecule is CCCCCCCCCCC(CCC)OCCOCCOCCOCCO. The lowest BCUT2D eigenvalue weighted by Crippen LogP contribution is -2.17. The van der Waals surface area contributed by atoms with Crippen molar-refractivity contribution in [1.29, 1.82) is 0 Å². The normalized spacial score (nSPS) is 12.6. The first kappa shape index (κ1) is 26.8. The maximum absolute atomic E-state index is 8.57. The quantitative estimate of drug-likeness (QED) is 0.255. The van der Waals surface area contributed by atoms with E-state index in [9.17, 15) is 0 Å². The molecule has 0 aliphatic rings. The Morgan fingerprint density at radius 1 is 0.556 bits per heavy atom. The highest BCUT2D eigenvalue weighted by Crippen LogP contribution is 2.14. The van der Waals surface area contributed by atoms with Gasteiger partial charge in [-0.1, -0.05) is 71.6 Å². The van der Waals surface area contributed by atoms with E-state index in [2.05, 4.69) is 13.8 Å². The summed E-state index contributed by atoms with van der Waals surface area (Å²) in [5, 5.41) is 8.57. The summed E-state index contributed by atoms with van der Waals surface area (Å²) in [6, 6.07) is 0. The molecule has 0 aromatic heterocycles. The van der Waals surface area contributed by atoms with Crippen LogP contribution in [0.5, 0.6) is 0 Å². The molecular weight excluding hydrogens is 344 g/mol. The van der Waals surface area contributed by atoms with E-state index in [1.54, 1.807) is 0 Å². The van der Waals surface area contributed by atoms with Gasteiger partial charge in [0.15, 0.2) is 0 Å². The van der Waals surface area contributed by atoms with Gasteiger partial charge in [0.1, 0.15) is 0 Å². The molecule has 5 nitrogen and oxygen atoms in total. The van der Waals surface area contributed by atoms with Gasteiger partial charge in [0.25, 0.3) is 0 Å². The highest BCUT2D eigenvalue weighted by Gasteiger charge is 2.07. The van der Waals surface area contributed by atoms with Crippen molar-refractivity contribution in [2.75, 3.05) is 52.9 Å². The second-order valence-corrected chi connectivity index (χ2v) is 7.11. The molecule has 0 aromatic carbocycles. The van der Waals surface area contributed by atoms with Gasteiger partial charge in [0.05, 0.1) is 59.0 Å². The summed E-state index contributed by atoms with van der Waals surface area (Å²) in [6.07, 6.45) is 14.8. The highest BCUT2D eigenvalue weighted by molar-refractivity contribution is 4.58. The zero-order chi connectivity index (χ0) is 19.8. The molecule has 0 bridgehead atoms. The molecule has 0 spiro atoms. The number of ether oxygens (including phenoxy) is 4. The molecule has 0 amide bonds. The van der Waals surface area contributed by atoms with Crippen molar-refractivity contribution in [2.45, 2.75) is 90.6 Å². The Labute approximate surface area is 168 Å². The van der Waals surface area contributed by atoms with Crippen molar-refractivity contribution in [3.63, 3.8) is 0 Å². The van der Waals surface area contributed by atoms with Crippen LogP contribution in [0, 0.1) is 0 Å². The van der Waals surface area contributed by atoms with Crippen molar-refractivity contribution >= 4 is 0 Å². The van der Waals surface area contributed by atoms with E-state index in [0.29, 0.717) is 52.4 Å². The monoisotopic (exact) mass is 390 g/mol. The molecule has 0 fully saturated rings. The maximum atomic E-state index is 8.57. The Hall–Kier alpha value is -0.200. The third kappa shape index (κ3) is 22.0. The fourth-order valence-electron chi connectivity index (χ4n) is 3.02. The standard InChI is InChI=1S/C22H46O5/c1-3-5-6-7-8-9-10-11-13-22(12-4-2)27-21-20-26-19-18-25-17-16-24-15-14-23/h22-23H,3-21H2,1-2H3. The summed E-state index contributed by atoms with van der Waals surface area (Å²) < 4.78 is 22.0. The van der Waals surface area contributed by atoms with Crippen molar-refractivity contribution in [1.82, 2.24) is 0 Å². The van der Waals surface area contributed by atoms with Crippen molar-refractivity contribution in [3.05, 3.63) is 0 Å². The van der Waals surface area contributed by atoms with Gasteiger partial charge in [-0.05, 0) is 12.8 Å². The molecule has 5 heteroatoms. The molecule has 0 aliphatic carbocycles. The van der Waals surface area contributed by atoms with E-state index in [-0.39, 0.29) is 6.61 Å². The first-order valence-electron chi connectivity index (χ1n) is 11.3. The number of aliphatic hydroxyl groups is 1. The van der Waals surface area contributed by atoms with E-state index in [1.165, 1.54) is 64.2 Å². The van der Waals surface area contributed by atoms with Gasteiger partial charge < -0.3 is 24.1 Å². The average molecular weight is 391 g/mol. The summed E-state index contributed by atoms with van der Waals surface area (Å²) in [7, 11) is 0. The van der Waals surface area contributed by atoms with Crippen LogP contribution in [0.3, 0.4) is 0 Å². The Kier molecular flexibility index (Phi) is 23.7. The molecule has 27 heavy (non-hydrogen) atoms. The molecule has 0 saturated carbocycles. The first-order valence-corrected chi connectivity index (χ1v) is 11.3.